The molecule has 0 spiro atoms. The van der Waals surface area contributed by atoms with Crippen LogP contribution >= 0.6 is 0 Å². The minimum absolute atomic E-state index is 0.128. The number of Topliss-reactive ketones (excluding diaryl/α,β-unsaturated/α-hetero) is 1. The minimum Gasteiger partial charge on any atom is -0.295 e. The molecule has 0 aliphatic rings. The topological polar surface area (TPSA) is 17.1 Å². The van der Waals surface area contributed by atoms with Crippen molar-refractivity contribution in [2.24, 2.45) is 0 Å². The summed E-state index contributed by atoms with van der Waals surface area (Å²) in [6.07, 6.45) is 0. The van der Waals surface area contributed by atoms with E-state index in [9.17, 15) is 4.79 Å². The van der Waals surface area contributed by atoms with E-state index in [4.69, 9.17) is 0 Å². The average molecular weight is 206 g/mol. The van der Waals surface area contributed by atoms with E-state index in [-0.39, 0.29) is 5.78 Å². The van der Waals surface area contributed by atoms with Crippen LogP contribution in [0.1, 0.15) is 31.1 Å². The van der Waals surface area contributed by atoms with Crippen LogP contribution in [0.4, 0.5) is 5.69 Å². The van der Waals surface area contributed by atoms with E-state index in [0.29, 0.717) is 0 Å². The van der Waals surface area contributed by atoms with Crippen LogP contribution in [0.3, 0.4) is 0 Å². The van der Waals surface area contributed by atoms with E-state index in [2.05, 4.69) is 33.0 Å². The van der Waals surface area contributed by atoms with E-state index in [1.807, 2.05) is 12.1 Å². The monoisotopic (exact) mass is 206 g/mol. The molecule has 1 aromatic rings. The summed E-state index contributed by atoms with van der Waals surface area (Å²) in [5.74, 6) is 0.128. The van der Waals surface area contributed by atoms with Crippen molar-refractivity contribution >= 4 is 11.5 Å². The minimum atomic E-state index is 0.128. The van der Waals surface area contributed by atoms with Crippen LogP contribution < -0.4 is 4.48 Å². The Morgan fingerprint density at radius 1 is 1.13 bits per heavy atom. The Morgan fingerprint density at radius 2 is 1.60 bits per heavy atom. The van der Waals surface area contributed by atoms with Gasteiger partial charge in [-0.3, -0.25) is 9.28 Å². The molecule has 0 bridgehead atoms. The zero-order chi connectivity index (χ0) is 11.5. The van der Waals surface area contributed by atoms with Crippen LogP contribution in [-0.2, 0) is 0 Å². The first kappa shape index (κ1) is 11.9. The van der Waals surface area contributed by atoms with Crippen molar-refractivity contribution in [1.82, 2.24) is 4.48 Å². The average Bonchev–Trinajstić information content (AvgIpc) is 2.28. The van der Waals surface area contributed by atoms with Gasteiger partial charge in [0.25, 0.3) is 0 Å². The van der Waals surface area contributed by atoms with Crippen molar-refractivity contribution in [3.8, 4) is 0 Å². The molecule has 0 N–H and O–H groups in total. The van der Waals surface area contributed by atoms with Crippen LogP contribution in [-0.4, -0.2) is 25.9 Å². The molecule has 0 aromatic heterocycles. The Morgan fingerprint density at radius 3 is 1.93 bits per heavy atom. The van der Waals surface area contributed by atoms with Crippen molar-refractivity contribution in [1.29, 1.82) is 0 Å². The number of benzene rings is 1. The maximum Gasteiger partial charge on any atom is 0.159 e. The van der Waals surface area contributed by atoms with Crippen molar-refractivity contribution in [3.05, 3.63) is 29.8 Å². The summed E-state index contributed by atoms with van der Waals surface area (Å²) < 4.78 is 0.915. The molecule has 0 saturated heterocycles. The Labute approximate surface area is 92.1 Å². The van der Waals surface area contributed by atoms with Gasteiger partial charge in [-0.25, -0.2) is 0 Å². The van der Waals surface area contributed by atoms with Gasteiger partial charge in [0.15, 0.2) is 5.78 Å². The molecule has 2 heteroatoms. The van der Waals surface area contributed by atoms with Gasteiger partial charge < -0.3 is 0 Å². The molecule has 0 amide bonds. The summed E-state index contributed by atoms with van der Waals surface area (Å²) in [6.45, 7) is 8.10. The Kier molecular flexibility index (Phi) is 3.64. The summed E-state index contributed by atoms with van der Waals surface area (Å²) in [6, 6.07) is 7.95. The molecule has 0 aliphatic heterocycles. The van der Waals surface area contributed by atoms with Gasteiger partial charge in [-0.05, 0) is 45.0 Å². The number of ketones is 1. The molecule has 0 radical (unpaired) electrons. The van der Waals surface area contributed by atoms with Crippen molar-refractivity contribution < 1.29 is 4.79 Å². The highest BCUT2D eigenvalue weighted by atomic mass is 16.1. The van der Waals surface area contributed by atoms with Gasteiger partial charge in [0.05, 0.1) is 20.1 Å². The predicted molar refractivity (Wildman–Crippen MR) is 65.2 cm³/mol. The molecular formula is C13H20NO+. The third-order valence-corrected chi connectivity index (χ3v) is 3.29. The number of quaternary nitrogens is 1. The highest BCUT2D eigenvalue weighted by Gasteiger charge is 2.19. The highest BCUT2D eigenvalue weighted by Crippen LogP contribution is 2.21. The van der Waals surface area contributed by atoms with Crippen molar-refractivity contribution in [2.45, 2.75) is 20.8 Å². The molecule has 0 fully saturated rings. The highest BCUT2D eigenvalue weighted by molar-refractivity contribution is 5.94. The first-order valence-electron chi connectivity index (χ1n) is 5.49. The molecule has 0 heterocycles. The lowest BCUT2D eigenvalue weighted by molar-refractivity contribution is 0.101. The number of carbonyl (C=O) groups excluding carboxylic acids is 1. The number of nitrogens with zero attached hydrogens (tertiary/aromatic N) is 1. The second-order valence-corrected chi connectivity index (χ2v) is 4.13. The Bertz CT molecular complexity index is 336. The molecule has 15 heavy (non-hydrogen) atoms. The molecule has 0 unspecified atom stereocenters. The first-order chi connectivity index (χ1) is 7.03. The van der Waals surface area contributed by atoms with Gasteiger partial charge in [0, 0.05) is 5.56 Å². The summed E-state index contributed by atoms with van der Waals surface area (Å²) in [5.41, 5.74) is 2.06. The summed E-state index contributed by atoms with van der Waals surface area (Å²) >= 11 is 0. The first-order valence-corrected chi connectivity index (χ1v) is 5.49. The third-order valence-electron chi connectivity index (χ3n) is 3.29. The van der Waals surface area contributed by atoms with E-state index in [1.54, 1.807) is 6.92 Å². The maximum atomic E-state index is 11.1. The van der Waals surface area contributed by atoms with Gasteiger partial charge in [-0.15, -0.1) is 0 Å². The normalized spacial score (nSPS) is 11.5. The zero-order valence-corrected chi connectivity index (χ0v) is 10.1. The van der Waals surface area contributed by atoms with Gasteiger partial charge in [0.2, 0.25) is 0 Å². The van der Waals surface area contributed by atoms with E-state index < -0.39 is 0 Å². The second kappa shape index (κ2) is 4.58. The van der Waals surface area contributed by atoms with Gasteiger partial charge in [-0.2, -0.15) is 0 Å². The standard InChI is InChI=1S/C13H20NO/c1-5-14(4,6-2)13-9-7-12(8-10-13)11(3)15/h7-10H,5-6H2,1-4H3/q+1. The number of hydrogen-bond acceptors (Lipinski definition) is 1. The summed E-state index contributed by atoms with van der Waals surface area (Å²) in [4.78, 5) is 11.1. The van der Waals surface area contributed by atoms with Crippen molar-refractivity contribution in [2.75, 3.05) is 20.1 Å². The Balaban J connectivity index is 3.02. The molecular weight excluding hydrogens is 186 g/mol. The fourth-order valence-corrected chi connectivity index (χ4v) is 1.64. The molecule has 0 aliphatic carbocycles. The van der Waals surface area contributed by atoms with E-state index in [1.165, 1.54) is 5.69 Å². The fraction of sp³-hybridized carbons (Fsp3) is 0.462. The van der Waals surface area contributed by atoms with Crippen LogP contribution in [0.5, 0.6) is 0 Å². The molecule has 1 aromatic carbocycles. The fourth-order valence-electron chi connectivity index (χ4n) is 1.64. The molecule has 0 atom stereocenters. The van der Waals surface area contributed by atoms with Gasteiger partial charge in [0.1, 0.15) is 5.69 Å². The van der Waals surface area contributed by atoms with Crippen LogP contribution in [0.2, 0.25) is 0 Å². The maximum absolute atomic E-state index is 11.1. The summed E-state index contributed by atoms with van der Waals surface area (Å²) in [5, 5.41) is 0. The largest absolute Gasteiger partial charge is 0.295 e. The molecule has 0 saturated carbocycles. The quantitative estimate of drug-likeness (QED) is 0.547. The van der Waals surface area contributed by atoms with Crippen LogP contribution in [0, 0.1) is 0 Å². The smallest absolute Gasteiger partial charge is 0.159 e. The van der Waals surface area contributed by atoms with Crippen LogP contribution in [0.15, 0.2) is 24.3 Å². The molecule has 1 rings (SSSR count). The van der Waals surface area contributed by atoms with E-state index >= 15 is 0 Å². The lowest BCUT2D eigenvalue weighted by Crippen LogP contribution is -2.44. The van der Waals surface area contributed by atoms with Gasteiger partial charge in [-0.1, -0.05) is 0 Å². The third kappa shape index (κ3) is 2.45. The second-order valence-electron chi connectivity index (χ2n) is 4.13. The zero-order valence-electron chi connectivity index (χ0n) is 10.1. The van der Waals surface area contributed by atoms with Crippen molar-refractivity contribution in [3.63, 3.8) is 0 Å². The lowest BCUT2D eigenvalue weighted by Gasteiger charge is -2.31. The predicted octanol–water partition coefficient (Wildman–Crippen LogP) is 2.87. The van der Waals surface area contributed by atoms with Crippen LogP contribution in [0.25, 0.3) is 0 Å². The molecule has 2 nitrogen and oxygen atoms in total. The number of carbonyl (C=O) groups is 1. The number of hydrogen-bond donors (Lipinski definition) is 0. The lowest BCUT2D eigenvalue weighted by atomic mass is 10.1. The molecule has 82 valence electrons. The summed E-state index contributed by atoms with van der Waals surface area (Å²) in [7, 11) is 2.21. The number of rotatable bonds is 4. The Hall–Kier alpha value is -1.15. The van der Waals surface area contributed by atoms with Gasteiger partial charge >= 0.3 is 0 Å². The van der Waals surface area contributed by atoms with E-state index in [0.717, 1.165) is 23.1 Å². The SMILES string of the molecule is CC[N+](C)(CC)c1ccc(C(C)=O)cc1.